The number of nitrogens with zero attached hydrogens (tertiary/aromatic N) is 1. The van der Waals surface area contributed by atoms with Crippen LogP contribution in [0.5, 0.6) is 0 Å². The molecule has 2 heterocycles. The van der Waals surface area contributed by atoms with E-state index in [1.54, 1.807) is 23.3 Å². The van der Waals surface area contributed by atoms with Gasteiger partial charge in [0.25, 0.3) is 0 Å². The lowest BCUT2D eigenvalue weighted by molar-refractivity contribution is -0.130. The van der Waals surface area contributed by atoms with Gasteiger partial charge in [0.15, 0.2) is 0 Å². The van der Waals surface area contributed by atoms with Gasteiger partial charge in [-0.25, -0.2) is 4.79 Å². The number of primary amides is 1. The number of rotatable bonds is 6. The van der Waals surface area contributed by atoms with E-state index >= 15 is 0 Å². The Morgan fingerprint density at radius 2 is 2.18 bits per heavy atom. The minimum atomic E-state index is -0.629. The molecule has 2 rings (SSSR count). The van der Waals surface area contributed by atoms with Gasteiger partial charge in [0.2, 0.25) is 5.91 Å². The first-order valence-electron chi connectivity index (χ1n) is 6.53. The van der Waals surface area contributed by atoms with Gasteiger partial charge in [-0.05, 0) is 39.5 Å². The second-order valence-electron chi connectivity index (χ2n) is 4.74. The summed E-state index contributed by atoms with van der Waals surface area (Å²) >= 11 is 6.49. The fraction of sp³-hybridized carbons (Fsp3) is 0.286. The Kier molecular flexibility index (Phi) is 5.98. The largest absolute Gasteiger partial charge is 0.352 e. The molecule has 0 radical (unpaired) electrons. The van der Waals surface area contributed by atoms with E-state index in [0.717, 1.165) is 13.5 Å². The maximum atomic E-state index is 12.4. The van der Waals surface area contributed by atoms with Gasteiger partial charge in [-0.3, -0.25) is 4.79 Å². The zero-order valence-electron chi connectivity index (χ0n) is 11.9. The third kappa shape index (κ3) is 4.82. The lowest BCUT2D eigenvalue weighted by Gasteiger charge is -2.21. The van der Waals surface area contributed by atoms with Crippen molar-refractivity contribution in [3.8, 4) is 0 Å². The van der Waals surface area contributed by atoms with Crippen molar-refractivity contribution in [1.82, 2.24) is 10.2 Å². The van der Waals surface area contributed by atoms with E-state index in [1.165, 1.54) is 11.3 Å². The summed E-state index contributed by atoms with van der Waals surface area (Å²) in [6.45, 7) is 0.544. The molecular formula is C14H16BrN3O2S2. The Balaban J connectivity index is 1.99. The number of nitrogens with one attached hydrogen (secondary N) is 1. The highest BCUT2D eigenvalue weighted by molar-refractivity contribution is 9.11. The van der Waals surface area contributed by atoms with Crippen LogP contribution in [0.4, 0.5) is 4.79 Å². The van der Waals surface area contributed by atoms with Crippen LogP contribution in [0.1, 0.15) is 22.2 Å². The van der Waals surface area contributed by atoms with Crippen LogP contribution < -0.4 is 11.1 Å². The molecular weight excluding hydrogens is 386 g/mol. The highest BCUT2D eigenvalue weighted by Gasteiger charge is 2.21. The summed E-state index contributed by atoms with van der Waals surface area (Å²) in [6.07, 6.45) is 0.187. The molecule has 5 nitrogen and oxygen atoms in total. The number of amides is 3. The topological polar surface area (TPSA) is 75.4 Å². The van der Waals surface area contributed by atoms with Gasteiger partial charge in [-0.15, -0.1) is 22.7 Å². The van der Waals surface area contributed by atoms with Crippen LogP contribution in [-0.2, 0) is 11.3 Å². The van der Waals surface area contributed by atoms with Crippen molar-refractivity contribution in [3.63, 3.8) is 0 Å². The number of thiophene rings is 2. The van der Waals surface area contributed by atoms with Crippen molar-refractivity contribution in [2.24, 2.45) is 5.73 Å². The summed E-state index contributed by atoms with van der Waals surface area (Å²) in [5.41, 5.74) is 5.20. The molecule has 0 aliphatic heterocycles. The van der Waals surface area contributed by atoms with Crippen molar-refractivity contribution < 1.29 is 9.59 Å². The highest BCUT2D eigenvalue weighted by Crippen LogP contribution is 2.25. The fourth-order valence-electron chi connectivity index (χ4n) is 1.97. The second-order valence-corrected chi connectivity index (χ2v) is 8.26. The van der Waals surface area contributed by atoms with Crippen molar-refractivity contribution in [2.45, 2.75) is 19.0 Å². The lowest BCUT2D eigenvalue weighted by Crippen LogP contribution is -2.36. The molecule has 0 saturated heterocycles. The normalized spacial score (nSPS) is 11.9. The minimum Gasteiger partial charge on any atom is -0.352 e. The van der Waals surface area contributed by atoms with Crippen LogP contribution in [0.15, 0.2) is 33.4 Å². The number of carbonyl (C=O) groups is 2. The predicted octanol–water partition coefficient (Wildman–Crippen LogP) is 3.33. The molecule has 1 unspecified atom stereocenters. The summed E-state index contributed by atoms with van der Waals surface area (Å²) in [4.78, 5) is 27.2. The average Bonchev–Trinajstić information content (AvgIpc) is 3.09. The van der Waals surface area contributed by atoms with Crippen molar-refractivity contribution in [1.29, 1.82) is 0 Å². The Morgan fingerprint density at radius 1 is 1.41 bits per heavy atom. The van der Waals surface area contributed by atoms with Crippen LogP contribution in [0.25, 0.3) is 0 Å². The van der Waals surface area contributed by atoms with Gasteiger partial charge in [0.05, 0.1) is 22.8 Å². The number of hydrogen-bond acceptors (Lipinski definition) is 4. The Hall–Kier alpha value is -1.38. The molecule has 0 aliphatic rings. The maximum absolute atomic E-state index is 12.4. The zero-order valence-corrected chi connectivity index (χ0v) is 15.1. The standard InChI is InChI=1S/C14H16BrN3O2S2/c1-18(8-9-4-5-12(15)22-9)13(19)7-10(17-14(16)20)11-3-2-6-21-11/h2-6,10H,7-8H2,1H3,(H3,16,17,20). The molecule has 0 fully saturated rings. The Labute approximate surface area is 145 Å². The van der Waals surface area contributed by atoms with E-state index in [9.17, 15) is 9.59 Å². The first-order chi connectivity index (χ1) is 10.5. The van der Waals surface area contributed by atoms with Crippen LogP contribution in [0.3, 0.4) is 0 Å². The quantitative estimate of drug-likeness (QED) is 0.778. The van der Waals surface area contributed by atoms with Crippen LogP contribution in [0, 0.1) is 0 Å². The van der Waals surface area contributed by atoms with E-state index in [2.05, 4.69) is 21.2 Å². The molecule has 8 heteroatoms. The van der Waals surface area contributed by atoms with Gasteiger partial charge in [0, 0.05) is 16.8 Å². The summed E-state index contributed by atoms with van der Waals surface area (Å²) in [6, 6.07) is 6.69. The molecule has 2 aromatic heterocycles. The summed E-state index contributed by atoms with van der Waals surface area (Å²) < 4.78 is 1.04. The van der Waals surface area contributed by atoms with Crippen molar-refractivity contribution >= 4 is 50.5 Å². The van der Waals surface area contributed by atoms with Gasteiger partial charge in [-0.2, -0.15) is 0 Å². The molecule has 0 saturated carbocycles. The van der Waals surface area contributed by atoms with Crippen LogP contribution in [0.2, 0.25) is 0 Å². The first kappa shape index (κ1) is 17.0. The lowest BCUT2D eigenvalue weighted by atomic mass is 10.1. The molecule has 3 N–H and O–H groups in total. The van der Waals surface area contributed by atoms with E-state index in [-0.39, 0.29) is 18.4 Å². The van der Waals surface area contributed by atoms with Gasteiger partial charge in [-0.1, -0.05) is 6.07 Å². The molecule has 1 atom stereocenters. The van der Waals surface area contributed by atoms with Gasteiger partial charge < -0.3 is 16.0 Å². The smallest absolute Gasteiger partial charge is 0.312 e. The van der Waals surface area contributed by atoms with Crippen LogP contribution in [-0.4, -0.2) is 23.9 Å². The minimum absolute atomic E-state index is 0.0447. The average molecular weight is 402 g/mol. The summed E-state index contributed by atoms with van der Waals surface area (Å²) in [7, 11) is 1.76. The molecule has 0 spiro atoms. The summed E-state index contributed by atoms with van der Waals surface area (Å²) in [5, 5.41) is 4.54. The van der Waals surface area contributed by atoms with E-state index < -0.39 is 6.03 Å². The fourth-order valence-corrected chi connectivity index (χ4v) is 4.29. The number of carbonyl (C=O) groups excluding carboxylic acids is 2. The molecule has 0 bridgehead atoms. The molecule has 0 aliphatic carbocycles. The van der Waals surface area contributed by atoms with Gasteiger partial charge in [0.1, 0.15) is 0 Å². The van der Waals surface area contributed by atoms with E-state index in [1.807, 2.05) is 29.6 Å². The second kappa shape index (κ2) is 7.75. The highest BCUT2D eigenvalue weighted by atomic mass is 79.9. The molecule has 0 aromatic carbocycles. The van der Waals surface area contributed by atoms with E-state index in [4.69, 9.17) is 5.73 Å². The monoisotopic (exact) mass is 401 g/mol. The Morgan fingerprint density at radius 3 is 2.73 bits per heavy atom. The van der Waals surface area contributed by atoms with Crippen molar-refractivity contribution in [3.05, 3.63) is 43.2 Å². The van der Waals surface area contributed by atoms with Crippen LogP contribution >= 0.6 is 38.6 Å². The molecule has 22 heavy (non-hydrogen) atoms. The van der Waals surface area contributed by atoms with E-state index in [0.29, 0.717) is 6.54 Å². The maximum Gasteiger partial charge on any atom is 0.312 e. The molecule has 118 valence electrons. The third-order valence-electron chi connectivity index (χ3n) is 3.03. The number of hydrogen-bond donors (Lipinski definition) is 2. The molecule has 3 amide bonds. The zero-order chi connectivity index (χ0) is 16.1. The molecule has 2 aromatic rings. The predicted molar refractivity (Wildman–Crippen MR) is 92.9 cm³/mol. The number of nitrogens with two attached hydrogens (primary N) is 1. The Bertz CT molecular complexity index is 642. The van der Waals surface area contributed by atoms with Gasteiger partial charge >= 0.3 is 6.03 Å². The summed E-state index contributed by atoms with van der Waals surface area (Å²) in [5.74, 6) is -0.0447. The first-order valence-corrected chi connectivity index (χ1v) is 9.02. The number of halogens is 1. The third-order valence-corrected chi connectivity index (χ3v) is 5.62. The number of urea groups is 1. The van der Waals surface area contributed by atoms with Crippen molar-refractivity contribution in [2.75, 3.05) is 7.05 Å². The SMILES string of the molecule is CN(Cc1ccc(Br)s1)C(=O)CC(NC(N)=O)c1cccs1.